The average molecular weight is 463 g/mol. The normalized spacial score (nSPS) is 10.9. The third-order valence-electron chi connectivity index (χ3n) is 3.77. The van der Waals surface area contributed by atoms with E-state index in [1.54, 1.807) is 25.3 Å². The topological polar surface area (TPSA) is 60.0 Å². The highest BCUT2D eigenvalue weighted by Gasteiger charge is 2.16. The van der Waals surface area contributed by atoms with Crippen LogP contribution in [-0.2, 0) is 17.9 Å². The van der Waals surface area contributed by atoms with Crippen molar-refractivity contribution in [2.24, 2.45) is 0 Å². The number of ether oxygens (including phenoxy) is 3. The largest absolute Gasteiger partial charge is 0.493 e. The van der Waals surface area contributed by atoms with Crippen molar-refractivity contribution in [1.82, 2.24) is 5.32 Å². The van der Waals surface area contributed by atoms with Crippen molar-refractivity contribution in [3.8, 4) is 11.5 Å². The lowest BCUT2D eigenvalue weighted by Gasteiger charge is -2.18. The van der Waals surface area contributed by atoms with Crippen LogP contribution in [0.15, 0.2) is 34.8 Å². The van der Waals surface area contributed by atoms with Crippen molar-refractivity contribution in [2.75, 3.05) is 33.5 Å². The van der Waals surface area contributed by atoms with Gasteiger partial charge in [-0.15, -0.1) is 0 Å². The van der Waals surface area contributed by atoms with Crippen molar-refractivity contribution in [2.45, 2.75) is 13.2 Å². The van der Waals surface area contributed by atoms with Gasteiger partial charge in [0.2, 0.25) is 0 Å². The Bertz CT molecular complexity index is 728. The van der Waals surface area contributed by atoms with Crippen molar-refractivity contribution < 1.29 is 23.7 Å². The number of hydrogen-bond acceptors (Lipinski definition) is 5. The minimum absolute atomic E-state index is 0.00196. The fourth-order valence-corrected chi connectivity index (χ4v) is 3.07. The van der Waals surface area contributed by atoms with E-state index in [0.717, 1.165) is 10.0 Å². The molecule has 27 heavy (non-hydrogen) atoms. The summed E-state index contributed by atoms with van der Waals surface area (Å²) >= 11 is 9.60. The van der Waals surface area contributed by atoms with Gasteiger partial charge in [0, 0.05) is 28.7 Å². The van der Waals surface area contributed by atoms with Crippen LogP contribution < -0.4 is 14.8 Å². The highest BCUT2D eigenvalue weighted by molar-refractivity contribution is 9.10. The van der Waals surface area contributed by atoms with Crippen molar-refractivity contribution in [3.05, 3.63) is 56.8 Å². The molecule has 148 valence electrons. The van der Waals surface area contributed by atoms with E-state index in [1.807, 2.05) is 6.07 Å². The first-order chi connectivity index (χ1) is 13.1. The van der Waals surface area contributed by atoms with Crippen LogP contribution in [0.2, 0.25) is 5.02 Å². The number of nitrogens with one attached hydrogen (secondary N) is 1. The molecule has 5 nitrogen and oxygen atoms in total. The number of rotatable bonds is 11. The van der Waals surface area contributed by atoms with E-state index >= 15 is 0 Å². The van der Waals surface area contributed by atoms with Gasteiger partial charge < -0.3 is 24.6 Å². The number of aliphatic hydroxyl groups excluding tert-OH is 1. The quantitative estimate of drug-likeness (QED) is 0.496. The van der Waals surface area contributed by atoms with Gasteiger partial charge in [0.05, 0.1) is 32.0 Å². The van der Waals surface area contributed by atoms with E-state index in [-0.39, 0.29) is 18.8 Å². The van der Waals surface area contributed by atoms with Crippen molar-refractivity contribution in [1.29, 1.82) is 0 Å². The molecule has 0 amide bonds. The SMILES string of the molecule is COc1ccc(Br)c(CNCCOCCO)c1OCc1c(F)cccc1Cl. The van der Waals surface area contributed by atoms with Gasteiger partial charge in [-0.05, 0) is 24.3 Å². The molecule has 0 saturated heterocycles. The van der Waals surface area contributed by atoms with Gasteiger partial charge in [-0.2, -0.15) is 0 Å². The molecule has 0 aromatic heterocycles. The van der Waals surface area contributed by atoms with E-state index in [2.05, 4.69) is 21.2 Å². The lowest BCUT2D eigenvalue weighted by molar-refractivity contribution is 0.0937. The lowest BCUT2D eigenvalue weighted by atomic mass is 10.1. The number of hydrogen-bond donors (Lipinski definition) is 2. The Balaban J connectivity index is 2.12. The predicted molar refractivity (Wildman–Crippen MR) is 106 cm³/mol. The average Bonchev–Trinajstić information content (AvgIpc) is 2.65. The molecule has 0 aliphatic carbocycles. The van der Waals surface area contributed by atoms with Crippen molar-refractivity contribution >= 4 is 27.5 Å². The second kappa shape index (κ2) is 11.5. The van der Waals surface area contributed by atoms with Crippen LogP contribution in [-0.4, -0.2) is 38.6 Å². The Morgan fingerprint density at radius 3 is 2.70 bits per heavy atom. The molecule has 0 saturated carbocycles. The van der Waals surface area contributed by atoms with Crippen LogP contribution in [0.4, 0.5) is 4.39 Å². The Morgan fingerprint density at radius 1 is 1.19 bits per heavy atom. The summed E-state index contributed by atoms with van der Waals surface area (Å²) in [7, 11) is 1.55. The first-order valence-electron chi connectivity index (χ1n) is 8.38. The van der Waals surface area contributed by atoms with E-state index in [1.165, 1.54) is 6.07 Å². The molecule has 0 aliphatic rings. The molecular weight excluding hydrogens is 441 g/mol. The fourth-order valence-electron chi connectivity index (χ4n) is 2.40. The molecule has 8 heteroatoms. The van der Waals surface area contributed by atoms with Gasteiger partial charge in [0.15, 0.2) is 11.5 Å². The first kappa shape index (κ1) is 21.9. The van der Waals surface area contributed by atoms with E-state index in [9.17, 15) is 4.39 Å². The molecule has 0 unspecified atom stereocenters. The monoisotopic (exact) mass is 461 g/mol. The second-order valence-corrected chi connectivity index (χ2v) is 6.82. The highest BCUT2D eigenvalue weighted by atomic mass is 79.9. The van der Waals surface area contributed by atoms with Crippen LogP contribution in [0.3, 0.4) is 0 Å². The molecule has 0 bridgehead atoms. The van der Waals surface area contributed by atoms with Crippen LogP contribution in [0, 0.1) is 5.82 Å². The second-order valence-electron chi connectivity index (χ2n) is 5.56. The zero-order chi connectivity index (χ0) is 19.6. The van der Waals surface area contributed by atoms with E-state index < -0.39 is 5.82 Å². The van der Waals surface area contributed by atoms with Gasteiger partial charge in [0.25, 0.3) is 0 Å². The Labute approximate surface area is 171 Å². The van der Waals surface area contributed by atoms with E-state index in [4.69, 9.17) is 30.9 Å². The van der Waals surface area contributed by atoms with Gasteiger partial charge in [-0.3, -0.25) is 0 Å². The molecule has 0 radical (unpaired) electrons. The zero-order valence-corrected chi connectivity index (χ0v) is 17.3. The molecule has 2 aromatic rings. The minimum Gasteiger partial charge on any atom is -0.493 e. The maximum absolute atomic E-state index is 14.0. The molecule has 0 aliphatic heterocycles. The summed E-state index contributed by atoms with van der Waals surface area (Å²) in [5.41, 5.74) is 1.13. The number of methoxy groups -OCH3 is 1. The zero-order valence-electron chi connectivity index (χ0n) is 14.9. The third-order valence-corrected chi connectivity index (χ3v) is 4.87. The molecule has 2 aromatic carbocycles. The maximum atomic E-state index is 14.0. The van der Waals surface area contributed by atoms with Crippen LogP contribution in [0.5, 0.6) is 11.5 Å². The molecule has 2 rings (SSSR count). The first-order valence-corrected chi connectivity index (χ1v) is 9.56. The molecule has 0 heterocycles. The van der Waals surface area contributed by atoms with Crippen molar-refractivity contribution in [3.63, 3.8) is 0 Å². The Kier molecular flexibility index (Phi) is 9.30. The summed E-state index contributed by atoms with van der Waals surface area (Å²) in [6.45, 7) is 1.84. The standard InChI is InChI=1S/C19H22BrClFNO4/c1-25-18-6-5-15(20)13(11-23-7-9-26-10-8-24)19(18)27-12-14-16(21)3-2-4-17(14)22/h2-6,23-24H,7-12H2,1H3. The van der Waals surface area contributed by atoms with Gasteiger partial charge in [-0.25, -0.2) is 4.39 Å². The third kappa shape index (κ3) is 6.33. The summed E-state index contributed by atoms with van der Waals surface area (Å²) in [6.07, 6.45) is 0. The van der Waals surface area contributed by atoms with Crippen LogP contribution in [0.1, 0.15) is 11.1 Å². The van der Waals surface area contributed by atoms with E-state index in [0.29, 0.717) is 42.8 Å². The summed E-state index contributed by atoms with van der Waals surface area (Å²) in [5.74, 6) is 0.631. The predicted octanol–water partition coefficient (Wildman–Crippen LogP) is 3.93. The summed E-state index contributed by atoms with van der Waals surface area (Å²) in [4.78, 5) is 0. The molecular formula is C19H22BrClFNO4. The van der Waals surface area contributed by atoms with Gasteiger partial charge in [-0.1, -0.05) is 33.6 Å². The van der Waals surface area contributed by atoms with Gasteiger partial charge >= 0.3 is 0 Å². The smallest absolute Gasteiger partial charge is 0.167 e. The molecule has 2 N–H and O–H groups in total. The van der Waals surface area contributed by atoms with Gasteiger partial charge in [0.1, 0.15) is 12.4 Å². The summed E-state index contributed by atoms with van der Waals surface area (Å²) in [5, 5.41) is 12.3. The van der Waals surface area contributed by atoms with Crippen LogP contribution in [0.25, 0.3) is 0 Å². The number of aliphatic hydroxyl groups is 1. The summed E-state index contributed by atoms with van der Waals surface area (Å²) in [6, 6.07) is 8.15. The maximum Gasteiger partial charge on any atom is 0.167 e. The molecule has 0 fully saturated rings. The summed E-state index contributed by atoms with van der Waals surface area (Å²) < 4.78 is 31.4. The molecule has 0 spiro atoms. The van der Waals surface area contributed by atoms with Crippen LogP contribution >= 0.6 is 27.5 Å². The highest BCUT2D eigenvalue weighted by Crippen LogP contribution is 2.37. The Hall–Kier alpha value is -1.38. The Morgan fingerprint density at radius 2 is 2.00 bits per heavy atom. The molecule has 0 atom stereocenters. The number of halogens is 3. The fraction of sp³-hybridized carbons (Fsp3) is 0.368. The minimum atomic E-state index is -0.419. The lowest BCUT2D eigenvalue weighted by Crippen LogP contribution is -2.21. The number of benzene rings is 2.